The van der Waals surface area contributed by atoms with Gasteiger partial charge in [-0.15, -0.1) is 10.2 Å². The van der Waals surface area contributed by atoms with Gasteiger partial charge in [-0.1, -0.05) is 0 Å². The van der Waals surface area contributed by atoms with Crippen LogP contribution in [0.1, 0.15) is 22.6 Å². The Morgan fingerprint density at radius 3 is 3.21 bits per heavy atom. The quantitative estimate of drug-likeness (QED) is 0.821. The number of fused-ring (bicyclic) bond motifs is 1. The van der Waals surface area contributed by atoms with Crippen LogP contribution < -0.4 is 5.32 Å². The molecule has 6 nitrogen and oxygen atoms in total. The maximum absolute atomic E-state index is 11.7. The van der Waals surface area contributed by atoms with Crippen LogP contribution in [-0.4, -0.2) is 40.8 Å². The van der Waals surface area contributed by atoms with E-state index < -0.39 is 0 Å². The lowest BCUT2D eigenvalue weighted by Gasteiger charge is -2.06. The first-order chi connectivity index (χ1) is 9.29. The first-order valence-corrected chi connectivity index (χ1v) is 6.41. The second-order valence-electron chi connectivity index (χ2n) is 4.79. The number of hydrogen-bond donors (Lipinski definition) is 1. The Bertz CT molecular complexity index is 602. The van der Waals surface area contributed by atoms with E-state index in [1.165, 1.54) is 7.11 Å². The number of nitrogens with one attached hydrogen (secondary N) is 1. The van der Waals surface area contributed by atoms with Gasteiger partial charge < -0.3 is 10.1 Å². The molecule has 0 spiro atoms. The molecule has 6 heteroatoms. The van der Waals surface area contributed by atoms with Crippen molar-refractivity contribution in [2.75, 3.05) is 20.2 Å². The Kier molecular flexibility index (Phi) is 3.16. The molecule has 3 rings (SSSR count). The fourth-order valence-electron chi connectivity index (χ4n) is 2.52. The molecule has 1 saturated heterocycles. The molecule has 1 fully saturated rings. The zero-order valence-electron chi connectivity index (χ0n) is 10.8. The van der Waals surface area contributed by atoms with E-state index in [4.69, 9.17) is 4.74 Å². The molecule has 0 radical (unpaired) electrons. The number of ether oxygens (including phenoxy) is 1. The van der Waals surface area contributed by atoms with E-state index in [1.807, 2.05) is 16.7 Å². The van der Waals surface area contributed by atoms with Crippen molar-refractivity contribution in [1.29, 1.82) is 0 Å². The zero-order chi connectivity index (χ0) is 13.2. The summed E-state index contributed by atoms with van der Waals surface area (Å²) < 4.78 is 6.64. The highest BCUT2D eigenvalue weighted by Crippen LogP contribution is 2.17. The third-order valence-electron chi connectivity index (χ3n) is 3.54. The fraction of sp³-hybridized carbons (Fsp3) is 0.462. The molecular formula is C13H16N4O2. The molecule has 0 bridgehead atoms. The van der Waals surface area contributed by atoms with Gasteiger partial charge in [-0.25, -0.2) is 4.79 Å². The van der Waals surface area contributed by atoms with Gasteiger partial charge in [0.05, 0.1) is 7.11 Å². The van der Waals surface area contributed by atoms with Gasteiger partial charge in [0.25, 0.3) is 0 Å². The Balaban J connectivity index is 1.96. The molecule has 3 heterocycles. The van der Waals surface area contributed by atoms with Gasteiger partial charge in [-0.05, 0) is 37.6 Å². The summed E-state index contributed by atoms with van der Waals surface area (Å²) in [7, 11) is 1.37. The molecule has 0 aromatic carbocycles. The van der Waals surface area contributed by atoms with Crippen molar-refractivity contribution in [2.24, 2.45) is 5.92 Å². The Hall–Kier alpha value is -1.95. The molecule has 1 aliphatic rings. The highest BCUT2D eigenvalue weighted by Gasteiger charge is 2.20. The normalized spacial score (nSPS) is 18.9. The average Bonchev–Trinajstić information content (AvgIpc) is 3.08. The third kappa shape index (κ3) is 2.19. The molecule has 2 aromatic heterocycles. The zero-order valence-corrected chi connectivity index (χ0v) is 10.8. The van der Waals surface area contributed by atoms with Crippen LogP contribution in [0.3, 0.4) is 0 Å². The maximum Gasteiger partial charge on any atom is 0.341 e. The Morgan fingerprint density at radius 2 is 2.47 bits per heavy atom. The lowest BCUT2D eigenvalue weighted by atomic mass is 10.0. The smallest absolute Gasteiger partial charge is 0.341 e. The lowest BCUT2D eigenvalue weighted by Crippen LogP contribution is -2.12. The van der Waals surface area contributed by atoms with E-state index in [0.717, 1.165) is 31.8 Å². The molecule has 1 atom stereocenters. The fourth-order valence-corrected chi connectivity index (χ4v) is 2.52. The summed E-state index contributed by atoms with van der Waals surface area (Å²) in [5.41, 5.74) is 1.02. The van der Waals surface area contributed by atoms with E-state index in [9.17, 15) is 4.79 Å². The van der Waals surface area contributed by atoms with Crippen LogP contribution in [0.15, 0.2) is 18.3 Å². The largest absolute Gasteiger partial charge is 0.465 e. The predicted molar refractivity (Wildman–Crippen MR) is 69.0 cm³/mol. The van der Waals surface area contributed by atoms with E-state index in [-0.39, 0.29) is 5.97 Å². The van der Waals surface area contributed by atoms with E-state index in [2.05, 4.69) is 15.5 Å². The number of carbonyl (C=O) groups is 1. The van der Waals surface area contributed by atoms with Crippen molar-refractivity contribution in [3.05, 3.63) is 29.7 Å². The van der Waals surface area contributed by atoms with E-state index in [0.29, 0.717) is 17.1 Å². The summed E-state index contributed by atoms with van der Waals surface area (Å²) in [5.74, 6) is 1.11. The predicted octanol–water partition coefficient (Wildman–Crippen LogP) is 0.668. The van der Waals surface area contributed by atoms with Crippen molar-refractivity contribution in [1.82, 2.24) is 19.9 Å². The monoisotopic (exact) mass is 260 g/mol. The van der Waals surface area contributed by atoms with E-state index in [1.54, 1.807) is 6.07 Å². The van der Waals surface area contributed by atoms with Crippen molar-refractivity contribution in [3.8, 4) is 0 Å². The number of hydrogen-bond acceptors (Lipinski definition) is 5. The minimum atomic E-state index is -0.382. The molecule has 0 saturated carbocycles. The SMILES string of the molecule is COC(=O)c1cccn2c(CC3CCNC3)nnc12. The van der Waals surface area contributed by atoms with Gasteiger partial charge in [0.15, 0.2) is 5.65 Å². The summed E-state index contributed by atoms with van der Waals surface area (Å²) >= 11 is 0. The minimum Gasteiger partial charge on any atom is -0.465 e. The number of methoxy groups -OCH3 is 1. The first kappa shape index (κ1) is 12.1. The van der Waals surface area contributed by atoms with Crippen LogP contribution in [0, 0.1) is 5.92 Å². The minimum absolute atomic E-state index is 0.382. The Morgan fingerprint density at radius 1 is 1.58 bits per heavy atom. The summed E-state index contributed by atoms with van der Waals surface area (Å²) in [5, 5.41) is 11.7. The highest BCUT2D eigenvalue weighted by molar-refractivity contribution is 5.95. The van der Waals surface area contributed by atoms with Gasteiger partial charge in [0, 0.05) is 12.6 Å². The number of aromatic nitrogens is 3. The number of rotatable bonds is 3. The van der Waals surface area contributed by atoms with Crippen LogP contribution in [0.5, 0.6) is 0 Å². The van der Waals surface area contributed by atoms with Crippen LogP contribution in [-0.2, 0) is 11.2 Å². The van der Waals surface area contributed by atoms with Gasteiger partial charge in [0.1, 0.15) is 11.4 Å². The van der Waals surface area contributed by atoms with Gasteiger partial charge in [-0.3, -0.25) is 4.40 Å². The van der Waals surface area contributed by atoms with Crippen molar-refractivity contribution >= 4 is 11.6 Å². The standard InChI is InChI=1S/C13H16N4O2/c1-19-13(18)10-3-2-6-17-11(15-16-12(10)17)7-9-4-5-14-8-9/h2-3,6,9,14H,4-5,7-8H2,1H3. The topological polar surface area (TPSA) is 68.5 Å². The summed E-state index contributed by atoms with van der Waals surface area (Å²) in [6.07, 6.45) is 3.92. The van der Waals surface area contributed by atoms with Crippen molar-refractivity contribution < 1.29 is 9.53 Å². The molecule has 1 unspecified atom stereocenters. The maximum atomic E-state index is 11.7. The van der Waals surface area contributed by atoms with Crippen LogP contribution >= 0.6 is 0 Å². The van der Waals surface area contributed by atoms with Crippen LogP contribution in [0.4, 0.5) is 0 Å². The number of esters is 1. The molecule has 19 heavy (non-hydrogen) atoms. The number of nitrogens with zero attached hydrogens (tertiary/aromatic N) is 3. The number of pyridine rings is 1. The molecule has 100 valence electrons. The summed E-state index contributed by atoms with van der Waals surface area (Å²) in [6.45, 7) is 2.08. The second-order valence-corrected chi connectivity index (χ2v) is 4.79. The Labute approximate surface area is 110 Å². The van der Waals surface area contributed by atoms with Gasteiger partial charge in [0.2, 0.25) is 0 Å². The summed E-state index contributed by atoms with van der Waals surface area (Å²) in [4.78, 5) is 11.7. The summed E-state index contributed by atoms with van der Waals surface area (Å²) in [6, 6.07) is 3.52. The van der Waals surface area contributed by atoms with Gasteiger partial charge in [-0.2, -0.15) is 0 Å². The average molecular weight is 260 g/mol. The molecule has 1 N–H and O–H groups in total. The molecule has 2 aromatic rings. The van der Waals surface area contributed by atoms with Crippen molar-refractivity contribution in [2.45, 2.75) is 12.8 Å². The molecule has 0 aliphatic carbocycles. The molecular weight excluding hydrogens is 244 g/mol. The van der Waals surface area contributed by atoms with Crippen LogP contribution in [0.25, 0.3) is 5.65 Å². The lowest BCUT2D eigenvalue weighted by molar-refractivity contribution is 0.0602. The van der Waals surface area contributed by atoms with Crippen LogP contribution in [0.2, 0.25) is 0 Å². The first-order valence-electron chi connectivity index (χ1n) is 6.41. The van der Waals surface area contributed by atoms with Gasteiger partial charge >= 0.3 is 5.97 Å². The third-order valence-corrected chi connectivity index (χ3v) is 3.54. The van der Waals surface area contributed by atoms with Crippen molar-refractivity contribution in [3.63, 3.8) is 0 Å². The highest BCUT2D eigenvalue weighted by atomic mass is 16.5. The van der Waals surface area contributed by atoms with E-state index >= 15 is 0 Å². The second kappa shape index (κ2) is 4.97. The number of carbonyl (C=O) groups excluding carboxylic acids is 1. The molecule has 1 aliphatic heterocycles. The molecule has 0 amide bonds.